The summed E-state index contributed by atoms with van der Waals surface area (Å²) < 4.78 is 5.27. The van der Waals surface area contributed by atoms with Gasteiger partial charge in [-0.2, -0.15) is 0 Å². The first-order valence-corrected chi connectivity index (χ1v) is 7.67. The van der Waals surface area contributed by atoms with Gasteiger partial charge in [-0.25, -0.2) is 9.97 Å². The number of carbonyl (C=O) groups excluding carboxylic acids is 1. The fourth-order valence-electron chi connectivity index (χ4n) is 2.50. The molecule has 1 amide bonds. The van der Waals surface area contributed by atoms with Crippen LogP contribution in [-0.4, -0.2) is 47.1 Å². The van der Waals surface area contributed by atoms with Crippen molar-refractivity contribution in [3.63, 3.8) is 0 Å². The number of hydrogen-bond acceptors (Lipinski definition) is 5. The Kier molecular flexibility index (Phi) is 4.52. The number of aryl methyl sites for hydroxylation is 1. The van der Waals surface area contributed by atoms with Crippen LogP contribution in [0.15, 0.2) is 30.6 Å². The van der Waals surface area contributed by atoms with Gasteiger partial charge in [0, 0.05) is 24.8 Å². The van der Waals surface area contributed by atoms with Crippen LogP contribution in [0.5, 0.6) is 0 Å². The number of nitrogens with one attached hydrogen (secondary N) is 1. The first kappa shape index (κ1) is 15.4. The maximum atomic E-state index is 12.5. The number of ether oxygens (including phenoxy) is 1. The lowest BCUT2D eigenvalue weighted by atomic mass is 10.1. The van der Waals surface area contributed by atoms with Crippen molar-refractivity contribution in [3.8, 4) is 0 Å². The number of morpholine rings is 1. The first-order valence-electron chi connectivity index (χ1n) is 7.67. The van der Waals surface area contributed by atoms with Gasteiger partial charge in [0.25, 0.3) is 5.91 Å². The monoisotopic (exact) mass is 312 g/mol. The van der Waals surface area contributed by atoms with E-state index in [-0.39, 0.29) is 5.91 Å². The molecule has 1 N–H and O–H groups in total. The molecule has 1 fully saturated rings. The summed E-state index contributed by atoms with van der Waals surface area (Å²) in [4.78, 5) is 22.6. The zero-order valence-electron chi connectivity index (χ0n) is 13.4. The molecule has 1 saturated heterocycles. The Morgan fingerprint density at radius 3 is 2.78 bits per heavy atom. The Morgan fingerprint density at radius 1 is 1.22 bits per heavy atom. The minimum atomic E-state index is -0.0836. The zero-order valence-corrected chi connectivity index (χ0v) is 13.4. The Hall–Kier alpha value is -2.47. The molecular weight excluding hydrogens is 292 g/mol. The molecule has 3 rings (SSSR count). The minimum Gasteiger partial charge on any atom is -0.378 e. The number of aromatic nitrogens is 2. The van der Waals surface area contributed by atoms with Gasteiger partial charge in [-0.3, -0.25) is 4.79 Å². The highest BCUT2D eigenvalue weighted by Crippen LogP contribution is 2.22. The molecule has 120 valence electrons. The Morgan fingerprint density at radius 2 is 2.00 bits per heavy atom. The van der Waals surface area contributed by atoms with Gasteiger partial charge in [0.05, 0.1) is 13.2 Å². The van der Waals surface area contributed by atoms with Crippen LogP contribution in [-0.2, 0) is 4.74 Å². The predicted molar refractivity (Wildman–Crippen MR) is 88.0 cm³/mol. The summed E-state index contributed by atoms with van der Waals surface area (Å²) in [5.41, 5.74) is 3.74. The number of hydrogen-bond donors (Lipinski definition) is 1. The van der Waals surface area contributed by atoms with Gasteiger partial charge in [-0.05, 0) is 31.0 Å². The van der Waals surface area contributed by atoms with Crippen molar-refractivity contribution in [2.45, 2.75) is 13.8 Å². The molecular formula is C17H20N4O2. The molecule has 0 radical (unpaired) electrons. The molecule has 0 atom stereocenters. The number of anilines is 2. The van der Waals surface area contributed by atoms with Gasteiger partial charge in [-0.1, -0.05) is 12.1 Å². The van der Waals surface area contributed by atoms with Gasteiger partial charge in [0.2, 0.25) is 0 Å². The third kappa shape index (κ3) is 3.48. The summed E-state index contributed by atoms with van der Waals surface area (Å²) in [6, 6.07) is 7.74. The van der Waals surface area contributed by atoms with Crippen LogP contribution in [0.3, 0.4) is 0 Å². The fraction of sp³-hybridized carbons (Fsp3) is 0.353. The second kappa shape index (κ2) is 6.75. The number of nitrogens with zero attached hydrogens (tertiary/aromatic N) is 3. The predicted octanol–water partition coefficient (Wildman–Crippen LogP) is 2.31. The normalized spacial score (nSPS) is 14.6. The number of rotatable bonds is 3. The van der Waals surface area contributed by atoms with E-state index in [1.165, 1.54) is 11.9 Å². The van der Waals surface area contributed by atoms with Crippen LogP contribution >= 0.6 is 0 Å². The van der Waals surface area contributed by atoms with E-state index in [2.05, 4.69) is 35.2 Å². The van der Waals surface area contributed by atoms with Crippen molar-refractivity contribution in [1.82, 2.24) is 14.9 Å². The van der Waals surface area contributed by atoms with Gasteiger partial charge in [0.15, 0.2) is 0 Å². The summed E-state index contributed by atoms with van der Waals surface area (Å²) in [6.07, 6.45) is 1.42. The van der Waals surface area contributed by atoms with Crippen LogP contribution in [0.1, 0.15) is 21.6 Å². The summed E-state index contributed by atoms with van der Waals surface area (Å²) in [6.45, 7) is 6.46. The summed E-state index contributed by atoms with van der Waals surface area (Å²) >= 11 is 0. The van der Waals surface area contributed by atoms with Gasteiger partial charge < -0.3 is 15.0 Å². The molecule has 2 aromatic rings. The average molecular weight is 312 g/mol. The van der Waals surface area contributed by atoms with Crippen molar-refractivity contribution >= 4 is 17.4 Å². The van der Waals surface area contributed by atoms with E-state index >= 15 is 0 Å². The van der Waals surface area contributed by atoms with Gasteiger partial charge >= 0.3 is 0 Å². The maximum absolute atomic E-state index is 12.5. The number of carbonyl (C=O) groups is 1. The lowest BCUT2D eigenvalue weighted by molar-refractivity contribution is 0.0299. The highest BCUT2D eigenvalue weighted by Gasteiger charge is 2.20. The van der Waals surface area contributed by atoms with E-state index < -0.39 is 0 Å². The third-order valence-corrected chi connectivity index (χ3v) is 4.05. The van der Waals surface area contributed by atoms with Crippen LogP contribution in [0, 0.1) is 13.8 Å². The SMILES string of the molecule is Cc1cccc(Nc2cc(C(=O)N3CCOCC3)ncn2)c1C. The summed E-state index contributed by atoms with van der Waals surface area (Å²) in [7, 11) is 0. The molecule has 0 saturated carbocycles. The quantitative estimate of drug-likeness (QED) is 0.942. The largest absolute Gasteiger partial charge is 0.378 e. The van der Waals surface area contributed by atoms with Crippen LogP contribution < -0.4 is 5.32 Å². The van der Waals surface area contributed by atoms with Gasteiger partial charge in [0.1, 0.15) is 17.8 Å². The third-order valence-electron chi connectivity index (χ3n) is 4.05. The lowest BCUT2D eigenvalue weighted by Gasteiger charge is -2.26. The maximum Gasteiger partial charge on any atom is 0.272 e. The highest BCUT2D eigenvalue weighted by molar-refractivity contribution is 5.93. The van der Waals surface area contributed by atoms with Crippen molar-refractivity contribution in [2.24, 2.45) is 0 Å². The standard InChI is InChI=1S/C17H20N4O2/c1-12-4-3-5-14(13(12)2)20-16-10-15(18-11-19-16)17(22)21-6-8-23-9-7-21/h3-5,10-11H,6-9H2,1-2H3,(H,18,19,20). The topological polar surface area (TPSA) is 67.4 Å². The molecule has 1 aliphatic heterocycles. The molecule has 23 heavy (non-hydrogen) atoms. The molecule has 0 bridgehead atoms. The van der Waals surface area contributed by atoms with Crippen molar-refractivity contribution in [2.75, 3.05) is 31.6 Å². The molecule has 0 unspecified atom stereocenters. The smallest absolute Gasteiger partial charge is 0.272 e. The van der Waals surface area contributed by atoms with E-state index in [4.69, 9.17) is 4.74 Å². The summed E-state index contributed by atoms with van der Waals surface area (Å²) in [5.74, 6) is 0.532. The van der Waals surface area contributed by atoms with Crippen LogP contribution in [0.4, 0.5) is 11.5 Å². The van der Waals surface area contributed by atoms with E-state index in [1.54, 1.807) is 11.0 Å². The van der Waals surface area contributed by atoms with Crippen LogP contribution in [0.25, 0.3) is 0 Å². The molecule has 1 aromatic heterocycles. The molecule has 6 heteroatoms. The Balaban J connectivity index is 1.79. The van der Waals surface area contributed by atoms with Crippen LogP contribution in [0.2, 0.25) is 0 Å². The fourth-order valence-corrected chi connectivity index (χ4v) is 2.50. The summed E-state index contributed by atoms with van der Waals surface area (Å²) in [5, 5.41) is 3.26. The van der Waals surface area contributed by atoms with E-state index in [1.807, 2.05) is 12.1 Å². The number of benzene rings is 1. The molecule has 0 spiro atoms. The van der Waals surface area contributed by atoms with E-state index in [9.17, 15) is 4.79 Å². The highest BCUT2D eigenvalue weighted by atomic mass is 16.5. The molecule has 1 aliphatic rings. The van der Waals surface area contributed by atoms with E-state index in [0.29, 0.717) is 37.8 Å². The van der Waals surface area contributed by atoms with E-state index in [0.717, 1.165) is 11.3 Å². The Bertz CT molecular complexity index is 711. The lowest BCUT2D eigenvalue weighted by Crippen LogP contribution is -2.41. The Labute approximate surface area is 135 Å². The minimum absolute atomic E-state index is 0.0836. The molecule has 2 heterocycles. The van der Waals surface area contributed by atoms with Crippen molar-refractivity contribution in [3.05, 3.63) is 47.4 Å². The second-order valence-electron chi connectivity index (χ2n) is 5.57. The van der Waals surface area contributed by atoms with Gasteiger partial charge in [-0.15, -0.1) is 0 Å². The zero-order chi connectivity index (χ0) is 16.2. The second-order valence-corrected chi connectivity index (χ2v) is 5.57. The molecule has 6 nitrogen and oxygen atoms in total. The van der Waals surface area contributed by atoms with Crippen molar-refractivity contribution in [1.29, 1.82) is 0 Å². The molecule has 1 aromatic carbocycles. The average Bonchev–Trinajstić information content (AvgIpc) is 2.59. The van der Waals surface area contributed by atoms with Crippen molar-refractivity contribution < 1.29 is 9.53 Å². The molecule has 0 aliphatic carbocycles. The number of amides is 1. The first-order chi connectivity index (χ1) is 11.1.